The Morgan fingerprint density at radius 3 is 2.49 bits per heavy atom. The highest BCUT2D eigenvalue weighted by atomic mass is 32.2. The van der Waals surface area contributed by atoms with Crippen molar-refractivity contribution in [3.05, 3.63) is 118 Å². The van der Waals surface area contributed by atoms with Crippen LogP contribution in [0.25, 0.3) is 11.1 Å². The predicted octanol–water partition coefficient (Wildman–Crippen LogP) is 5.02. The van der Waals surface area contributed by atoms with Crippen LogP contribution in [-0.4, -0.2) is 54.8 Å². The molecule has 0 radical (unpaired) electrons. The van der Waals surface area contributed by atoms with Gasteiger partial charge in [-0.15, -0.1) is 0 Å². The van der Waals surface area contributed by atoms with E-state index in [-0.39, 0.29) is 4.91 Å². The Kier molecular flexibility index (Phi) is 12.0. The molecule has 0 aromatic heterocycles. The molecule has 0 fully saturated rings. The number of nitrogens with zero attached hydrogens (tertiary/aromatic N) is 1. The average molecular weight is 646 g/mol. The Morgan fingerprint density at radius 2 is 1.87 bits per heavy atom. The molecule has 3 aromatic rings. The summed E-state index contributed by atoms with van der Waals surface area (Å²) in [6, 6.07) is 24.4. The fourth-order valence-electron chi connectivity index (χ4n) is 5.47. The second-order valence-electron chi connectivity index (χ2n) is 11.1. The normalized spacial score (nSPS) is 14.5. The van der Waals surface area contributed by atoms with Gasteiger partial charge in [-0.2, -0.15) is 11.8 Å². The number of benzene rings is 2. The van der Waals surface area contributed by atoms with Crippen molar-refractivity contribution in [1.82, 2.24) is 10.2 Å². The molecular formula is C35H39N3O5S2. The number of aldehydes is 1. The fourth-order valence-corrected chi connectivity index (χ4v) is 6.58. The van der Waals surface area contributed by atoms with Crippen molar-refractivity contribution in [2.75, 3.05) is 12.0 Å². The molecule has 236 valence electrons. The van der Waals surface area contributed by atoms with Crippen LogP contribution < -0.4 is 10.5 Å². The van der Waals surface area contributed by atoms with Gasteiger partial charge in [0.1, 0.15) is 12.3 Å². The minimum atomic E-state index is -3.74. The Labute approximate surface area is 270 Å². The van der Waals surface area contributed by atoms with Crippen molar-refractivity contribution >= 4 is 34.0 Å². The number of nitrogens with two attached hydrogens (primary N) is 1. The summed E-state index contributed by atoms with van der Waals surface area (Å²) in [4.78, 5) is 26.5. The van der Waals surface area contributed by atoms with Crippen LogP contribution in [0.4, 0.5) is 0 Å². The van der Waals surface area contributed by atoms with Gasteiger partial charge in [-0.05, 0) is 114 Å². The number of carboxylic acid groups (broad SMARTS) is 1. The lowest BCUT2D eigenvalue weighted by molar-refractivity contribution is -0.139. The van der Waals surface area contributed by atoms with E-state index in [1.807, 2.05) is 67.8 Å². The van der Waals surface area contributed by atoms with Gasteiger partial charge in [0.25, 0.3) is 0 Å². The topological polar surface area (TPSA) is 130 Å². The van der Waals surface area contributed by atoms with E-state index in [1.54, 1.807) is 17.8 Å². The van der Waals surface area contributed by atoms with E-state index in [2.05, 4.69) is 34.5 Å². The number of hydrogen-bond donors (Lipinski definition) is 3. The highest BCUT2D eigenvalue weighted by molar-refractivity contribution is 7.98. The molecule has 1 aliphatic rings. The minimum absolute atomic E-state index is 0.219. The zero-order valence-corrected chi connectivity index (χ0v) is 27.2. The van der Waals surface area contributed by atoms with Crippen molar-refractivity contribution in [3.8, 4) is 11.1 Å². The number of rotatable bonds is 16. The van der Waals surface area contributed by atoms with Gasteiger partial charge in [0.15, 0.2) is 0 Å². The third-order valence-corrected chi connectivity index (χ3v) is 9.58. The van der Waals surface area contributed by atoms with Gasteiger partial charge < -0.3 is 14.8 Å². The second-order valence-corrected chi connectivity index (χ2v) is 13.7. The van der Waals surface area contributed by atoms with Crippen LogP contribution in [-0.2, 0) is 39.1 Å². The smallest absolute Gasteiger partial charge is 0.320 e. The van der Waals surface area contributed by atoms with Crippen LogP contribution in [0.2, 0.25) is 0 Å². The van der Waals surface area contributed by atoms with E-state index < -0.39 is 28.1 Å². The minimum Gasteiger partial charge on any atom is -0.480 e. The summed E-state index contributed by atoms with van der Waals surface area (Å²) in [6.45, 7) is 3.18. The Balaban J connectivity index is 1.69. The van der Waals surface area contributed by atoms with Gasteiger partial charge in [0.05, 0.1) is 10.9 Å². The largest absolute Gasteiger partial charge is 0.480 e. The summed E-state index contributed by atoms with van der Waals surface area (Å²) in [7, 11) is -3.74. The summed E-state index contributed by atoms with van der Waals surface area (Å²) >= 11 is 1.57. The molecule has 3 aromatic carbocycles. The summed E-state index contributed by atoms with van der Waals surface area (Å²) < 4.78 is 23.8. The molecule has 0 bridgehead atoms. The van der Waals surface area contributed by atoms with Gasteiger partial charge >= 0.3 is 5.97 Å². The number of carbonyl (C=O) groups is 2. The van der Waals surface area contributed by atoms with E-state index in [0.29, 0.717) is 44.5 Å². The van der Waals surface area contributed by atoms with Crippen LogP contribution >= 0.6 is 11.8 Å². The number of carbonyl (C=O) groups excluding carboxylic acids is 1. The lowest BCUT2D eigenvalue weighted by Crippen LogP contribution is -2.45. The number of aryl methyl sites for hydroxylation is 1. The van der Waals surface area contributed by atoms with E-state index in [1.165, 1.54) is 0 Å². The zero-order valence-electron chi connectivity index (χ0n) is 25.5. The molecule has 10 heteroatoms. The number of allylic oxidation sites excluding steroid dienone is 4. The summed E-state index contributed by atoms with van der Waals surface area (Å²) in [5, 5.41) is 18.2. The Hall–Kier alpha value is -3.88. The molecule has 4 rings (SSSR count). The Morgan fingerprint density at radius 1 is 1.09 bits per heavy atom. The molecule has 0 spiro atoms. The highest BCUT2D eigenvalue weighted by Gasteiger charge is 2.23. The van der Waals surface area contributed by atoms with Crippen molar-refractivity contribution in [2.24, 2.45) is 5.14 Å². The van der Waals surface area contributed by atoms with Gasteiger partial charge in [-0.1, -0.05) is 48.5 Å². The molecule has 2 atom stereocenters. The van der Waals surface area contributed by atoms with Crippen LogP contribution in [0.1, 0.15) is 41.5 Å². The first-order chi connectivity index (χ1) is 21.6. The number of carboxylic acids is 1. The van der Waals surface area contributed by atoms with Gasteiger partial charge in [-0.25, -0.2) is 13.6 Å². The van der Waals surface area contributed by atoms with Gasteiger partial charge in [0.2, 0.25) is 10.0 Å². The van der Waals surface area contributed by atoms with E-state index in [0.717, 1.165) is 45.4 Å². The third kappa shape index (κ3) is 9.55. The molecular weight excluding hydrogens is 607 g/mol. The van der Waals surface area contributed by atoms with E-state index >= 15 is 0 Å². The van der Waals surface area contributed by atoms with Crippen LogP contribution in [0.15, 0.2) is 83.4 Å². The third-order valence-electron chi connectivity index (χ3n) is 7.87. The molecule has 1 aliphatic carbocycles. The first-order valence-electron chi connectivity index (χ1n) is 14.7. The first kappa shape index (κ1) is 34.0. The van der Waals surface area contributed by atoms with Gasteiger partial charge in [0, 0.05) is 18.8 Å². The number of nitrogens with one attached hydrogen (secondary N) is 1. The molecule has 4 N–H and O–H groups in total. The monoisotopic (exact) mass is 645 g/mol. The number of aliphatic carboxylic acids is 1. The zero-order chi connectivity index (χ0) is 32.4. The number of hydrogen-bond acceptors (Lipinski definition) is 7. The standard InChI is InChI=1S/C35H39N3O5S2/c1-25-8-6-7-11-32(25)33-20-27(12-13-28(33)21-29(24-39)37-34(35(40)41)18-19-44-2)23-38(22-26-9-4-3-5-10-26)30-14-16-31(17-15-30)45(36,42)43/h4,6-14,16,20,24,29,34,37H,15,17-19,21-23H2,1-2H3,(H,40,41)(H2,36,42,43)/t29?,34-/m0/s1. The summed E-state index contributed by atoms with van der Waals surface area (Å²) in [5.74, 6) is -0.299. The molecule has 0 aliphatic heterocycles. The van der Waals surface area contributed by atoms with Crippen LogP contribution in [0, 0.1) is 19.1 Å². The lowest BCUT2D eigenvalue weighted by atomic mass is 9.91. The molecule has 1 unspecified atom stereocenters. The summed E-state index contributed by atoms with van der Waals surface area (Å²) in [5.41, 5.74) is 7.10. The van der Waals surface area contributed by atoms with Crippen molar-refractivity contribution < 1.29 is 23.1 Å². The maximum Gasteiger partial charge on any atom is 0.320 e. The van der Waals surface area contributed by atoms with Crippen LogP contribution in [0.5, 0.6) is 0 Å². The SMILES string of the molecule is CSCC[C@H](NC(C=O)Cc1ccc(CN(Cc2cc#ccc2)C2=CC=C(S(N)(=O)=O)CC2)cc1-c1ccccc1C)C(=O)O. The lowest BCUT2D eigenvalue weighted by Gasteiger charge is -2.30. The van der Waals surface area contributed by atoms with Crippen molar-refractivity contribution in [3.63, 3.8) is 0 Å². The molecule has 0 saturated heterocycles. The van der Waals surface area contributed by atoms with E-state index in [9.17, 15) is 23.1 Å². The maximum atomic E-state index is 12.2. The first-order valence-corrected chi connectivity index (χ1v) is 17.7. The number of thioether (sulfide) groups is 1. The Bertz CT molecular complexity index is 1650. The number of sulfonamides is 1. The highest BCUT2D eigenvalue weighted by Crippen LogP contribution is 2.31. The molecule has 45 heavy (non-hydrogen) atoms. The molecule has 0 heterocycles. The quantitative estimate of drug-likeness (QED) is 0.185. The predicted molar refractivity (Wildman–Crippen MR) is 180 cm³/mol. The summed E-state index contributed by atoms with van der Waals surface area (Å²) in [6.07, 6.45) is 7.75. The molecule has 8 nitrogen and oxygen atoms in total. The molecule has 0 amide bonds. The van der Waals surface area contributed by atoms with E-state index in [4.69, 9.17) is 5.14 Å². The van der Waals surface area contributed by atoms with Crippen molar-refractivity contribution in [2.45, 2.75) is 57.8 Å². The maximum absolute atomic E-state index is 12.2. The average Bonchev–Trinajstić information content (AvgIpc) is 3.03. The fraction of sp³-hybridized carbons (Fsp3) is 0.314. The second kappa shape index (κ2) is 15.9. The van der Waals surface area contributed by atoms with Crippen molar-refractivity contribution in [1.29, 1.82) is 0 Å². The van der Waals surface area contributed by atoms with Crippen LogP contribution in [0.3, 0.4) is 0 Å². The number of primary sulfonamides is 1. The molecule has 0 saturated carbocycles. The van der Waals surface area contributed by atoms with Gasteiger partial charge in [-0.3, -0.25) is 10.1 Å².